The van der Waals surface area contributed by atoms with Crippen molar-refractivity contribution < 1.29 is 5.21 Å². The monoisotopic (exact) mass is 289 g/mol. The lowest BCUT2D eigenvalue weighted by atomic mass is 9.86. The first kappa shape index (κ1) is 15.7. The molecule has 4 heteroatoms. The molecular formula is C17H27N3O. The summed E-state index contributed by atoms with van der Waals surface area (Å²) in [6, 6.07) is 8.69. The van der Waals surface area contributed by atoms with Gasteiger partial charge < -0.3 is 15.8 Å². The van der Waals surface area contributed by atoms with Crippen LogP contribution in [0.1, 0.15) is 39.2 Å². The first-order chi connectivity index (χ1) is 9.94. The summed E-state index contributed by atoms with van der Waals surface area (Å²) in [5, 5.41) is 12.0. The molecule has 0 aliphatic carbocycles. The Balaban J connectivity index is 1.98. The highest BCUT2D eigenvalue weighted by molar-refractivity contribution is 5.85. The molecule has 1 aromatic rings. The molecule has 1 aliphatic rings. The quantitative estimate of drug-likeness (QED) is 0.378. The van der Waals surface area contributed by atoms with E-state index in [-0.39, 0.29) is 5.41 Å². The topological polar surface area (TPSA) is 61.8 Å². The van der Waals surface area contributed by atoms with Crippen LogP contribution in [0.3, 0.4) is 0 Å². The van der Waals surface area contributed by atoms with Crippen LogP contribution in [0.5, 0.6) is 0 Å². The molecule has 1 atom stereocenters. The highest BCUT2D eigenvalue weighted by atomic mass is 16.4. The van der Waals surface area contributed by atoms with Crippen molar-refractivity contribution in [1.82, 2.24) is 0 Å². The van der Waals surface area contributed by atoms with Crippen molar-refractivity contribution >= 4 is 11.5 Å². The van der Waals surface area contributed by atoms with Crippen LogP contribution in [-0.2, 0) is 6.42 Å². The average molecular weight is 289 g/mol. The second-order valence-electron chi connectivity index (χ2n) is 6.86. The van der Waals surface area contributed by atoms with Crippen molar-refractivity contribution in [3.05, 3.63) is 29.8 Å². The molecule has 0 radical (unpaired) electrons. The van der Waals surface area contributed by atoms with E-state index in [9.17, 15) is 0 Å². The minimum atomic E-state index is -0.254. The van der Waals surface area contributed by atoms with Gasteiger partial charge in [-0.2, -0.15) is 0 Å². The summed E-state index contributed by atoms with van der Waals surface area (Å²) in [6.07, 6.45) is 3.11. The molecular weight excluding hydrogens is 262 g/mol. The van der Waals surface area contributed by atoms with Gasteiger partial charge in [-0.05, 0) is 36.8 Å². The summed E-state index contributed by atoms with van der Waals surface area (Å²) in [5.74, 6) is 1.01. The Morgan fingerprint density at radius 1 is 1.43 bits per heavy atom. The van der Waals surface area contributed by atoms with E-state index in [1.165, 1.54) is 17.7 Å². The molecule has 0 aromatic heterocycles. The molecule has 0 bridgehead atoms. The number of nitrogens with two attached hydrogens (primary N) is 1. The highest BCUT2D eigenvalue weighted by Crippen LogP contribution is 2.30. The lowest BCUT2D eigenvalue weighted by molar-refractivity contribution is 0.304. The van der Waals surface area contributed by atoms with E-state index in [0.717, 1.165) is 25.9 Å². The van der Waals surface area contributed by atoms with Crippen LogP contribution in [0.15, 0.2) is 29.4 Å². The van der Waals surface area contributed by atoms with Crippen molar-refractivity contribution in [3.63, 3.8) is 0 Å². The molecule has 4 nitrogen and oxygen atoms in total. The molecule has 1 heterocycles. The molecule has 21 heavy (non-hydrogen) atoms. The van der Waals surface area contributed by atoms with E-state index in [2.05, 4.69) is 41.2 Å². The first-order valence-electron chi connectivity index (χ1n) is 7.75. The Labute approximate surface area is 127 Å². The first-order valence-corrected chi connectivity index (χ1v) is 7.75. The van der Waals surface area contributed by atoms with Gasteiger partial charge in [-0.3, -0.25) is 0 Å². The zero-order valence-corrected chi connectivity index (χ0v) is 13.3. The number of anilines is 1. The van der Waals surface area contributed by atoms with E-state index in [0.29, 0.717) is 11.8 Å². The summed E-state index contributed by atoms with van der Waals surface area (Å²) in [6.45, 7) is 8.48. The summed E-state index contributed by atoms with van der Waals surface area (Å²) < 4.78 is 0. The minimum Gasteiger partial charge on any atom is -0.409 e. The normalized spacial score (nSPS) is 19.5. The number of hydrogen-bond donors (Lipinski definition) is 2. The van der Waals surface area contributed by atoms with Crippen molar-refractivity contribution in [2.24, 2.45) is 22.2 Å². The molecule has 3 N–H and O–H groups in total. The van der Waals surface area contributed by atoms with Crippen LogP contribution in [0.2, 0.25) is 0 Å². The van der Waals surface area contributed by atoms with Gasteiger partial charge in [0.2, 0.25) is 0 Å². The number of oxime groups is 1. The molecule has 0 spiro atoms. The second-order valence-corrected chi connectivity index (χ2v) is 6.86. The van der Waals surface area contributed by atoms with Crippen LogP contribution in [0, 0.1) is 11.3 Å². The number of amidine groups is 1. The summed E-state index contributed by atoms with van der Waals surface area (Å²) in [4.78, 5) is 2.48. The van der Waals surface area contributed by atoms with Gasteiger partial charge in [0.1, 0.15) is 5.84 Å². The SMILES string of the molecule is CC1Cc2ccccc2N(CCCC(C)(C)C(N)=NO)C1. The smallest absolute Gasteiger partial charge is 0.144 e. The molecule has 0 saturated carbocycles. The number of fused-ring (bicyclic) bond motifs is 1. The largest absolute Gasteiger partial charge is 0.409 e. The van der Waals surface area contributed by atoms with Gasteiger partial charge in [-0.25, -0.2) is 0 Å². The zero-order chi connectivity index (χ0) is 15.5. The number of benzene rings is 1. The summed E-state index contributed by atoms with van der Waals surface area (Å²) in [7, 11) is 0. The van der Waals surface area contributed by atoms with Crippen LogP contribution < -0.4 is 10.6 Å². The Hall–Kier alpha value is -1.71. The third-order valence-corrected chi connectivity index (χ3v) is 4.46. The zero-order valence-electron chi connectivity index (χ0n) is 13.3. The van der Waals surface area contributed by atoms with E-state index >= 15 is 0 Å². The van der Waals surface area contributed by atoms with Crippen LogP contribution in [0.25, 0.3) is 0 Å². The summed E-state index contributed by atoms with van der Waals surface area (Å²) in [5.41, 5.74) is 8.32. The van der Waals surface area contributed by atoms with Gasteiger partial charge in [0.25, 0.3) is 0 Å². The second kappa shape index (κ2) is 6.37. The third kappa shape index (κ3) is 3.69. The van der Waals surface area contributed by atoms with Crippen molar-refractivity contribution in [2.45, 2.75) is 40.0 Å². The van der Waals surface area contributed by atoms with Crippen LogP contribution >= 0.6 is 0 Å². The average Bonchev–Trinajstić information content (AvgIpc) is 2.45. The lowest BCUT2D eigenvalue weighted by Gasteiger charge is -2.35. The Morgan fingerprint density at radius 3 is 2.86 bits per heavy atom. The maximum Gasteiger partial charge on any atom is 0.144 e. The Bertz CT molecular complexity index is 511. The van der Waals surface area contributed by atoms with Gasteiger partial charge in [0, 0.05) is 24.2 Å². The van der Waals surface area contributed by atoms with Gasteiger partial charge in [0.05, 0.1) is 0 Å². The summed E-state index contributed by atoms with van der Waals surface area (Å²) >= 11 is 0. The van der Waals surface area contributed by atoms with Crippen molar-refractivity contribution in [2.75, 3.05) is 18.0 Å². The number of rotatable bonds is 5. The molecule has 1 aliphatic heterocycles. The third-order valence-electron chi connectivity index (χ3n) is 4.46. The van der Waals surface area contributed by atoms with E-state index in [4.69, 9.17) is 10.9 Å². The lowest BCUT2D eigenvalue weighted by Crippen LogP contribution is -2.37. The van der Waals surface area contributed by atoms with E-state index in [1.807, 2.05) is 13.8 Å². The molecule has 1 aromatic carbocycles. The molecule has 1 unspecified atom stereocenters. The Morgan fingerprint density at radius 2 is 2.14 bits per heavy atom. The van der Waals surface area contributed by atoms with Gasteiger partial charge in [-0.15, -0.1) is 0 Å². The fourth-order valence-corrected chi connectivity index (χ4v) is 3.09. The predicted molar refractivity (Wildman–Crippen MR) is 87.9 cm³/mol. The van der Waals surface area contributed by atoms with Gasteiger partial charge in [-0.1, -0.05) is 44.1 Å². The van der Waals surface area contributed by atoms with Crippen molar-refractivity contribution in [1.29, 1.82) is 0 Å². The molecule has 116 valence electrons. The standard InChI is InChI=1S/C17H27N3O/c1-13-11-14-7-4-5-8-15(14)20(12-13)10-6-9-17(2,3)16(18)19-21/h4-5,7-8,13,21H,6,9-12H2,1-3H3,(H2,18,19). The molecule has 0 fully saturated rings. The number of nitrogens with zero attached hydrogens (tertiary/aromatic N) is 2. The predicted octanol–water partition coefficient (Wildman–Crippen LogP) is 3.24. The van der Waals surface area contributed by atoms with Crippen LogP contribution in [0.4, 0.5) is 5.69 Å². The van der Waals surface area contributed by atoms with Gasteiger partial charge >= 0.3 is 0 Å². The van der Waals surface area contributed by atoms with Gasteiger partial charge in [0.15, 0.2) is 0 Å². The molecule has 0 amide bonds. The minimum absolute atomic E-state index is 0.254. The molecule has 0 saturated heterocycles. The molecule has 2 rings (SSSR count). The fraction of sp³-hybridized carbons (Fsp3) is 0.588. The number of para-hydroxylation sites is 1. The highest BCUT2D eigenvalue weighted by Gasteiger charge is 2.25. The Kier molecular flexibility index (Phi) is 4.76. The van der Waals surface area contributed by atoms with E-state index < -0.39 is 0 Å². The maximum absolute atomic E-state index is 8.84. The maximum atomic E-state index is 8.84. The van der Waals surface area contributed by atoms with E-state index in [1.54, 1.807) is 0 Å². The number of hydrogen-bond acceptors (Lipinski definition) is 3. The fourth-order valence-electron chi connectivity index (χ4n) is 3.09. The van der Waals surface area contributed by atoms with Crippen LogP contribution in [-0.4, -0.2) is 24.1 Å². The van der Waals surface area contributed by atoms with Crippen molar-refractivity contribution in [3.8, 4) is 0 Å².